The Morgan fingerprint density at radius 1 is 1.05 bits per heavy atom. The zero-order chi connectivity index (χ0) is 16.4. The topological polar surface area (TPSA) is 12.5 Å². The third-order valence-corrected chi connectivity index (χ3v) is 19.0. The molecule has 0 aromatic carbocycles. The summed E-state index contributed by atoms with van der Waals surface area (Å²) in [5, 5.41) is 0.252. The lowest BCUT2D eigenvalue weighted by atomic mass is 10.2. The van der Waals surface area contributed by atoms with Crippen molar-refractivity contribution in [1.29, 1.82) is 0 Å². The molecule has 5 heteroatoms. The lowest BCUT2D eigenvalue weighted by Gasteiger charge is -2.50. The smallest absolute Gasteiger partial charge is 0.276 e. The van der Waals surface area contributed by atoms with E-state index < -0.39 is 25.0 Å². The van der Waals surface area contributed by atoms with E-state index in [1.165, 1.54) is 6.42 Å². The molecule has 2 nitrogen and oxygen atoms in total. The predicted octanol–water partition coefficient (Wildman–Crippen LogP) is 5.35. The fraction of sp³-hybridized carbons (Fsp3) is 0.867. The predicted molar refractivity (Wildman–Crippen MR) is 100 cm³/mol. The quantitative estimate of drug-likeness (QED) is 0.583. The minimum absolute atomic E-state index is 0.252. The number of hydrogen-bond donors (Lipinski definition) is 0. The van der Waals surface area contributed by atoms with Crippen LogP contribution in [0.1, 0.15) is 34.1 Å². The van der Waals surface area contributed by atoms with E-state index in [9.17, 15) is 0 Å². The first kappa shape index (κ1) is 20.3. The van der Waals surface area contributed by atoms with Gasteiger partial charge >= 0.3 is 0 Å². The van der Waals surface area contributed by atoms with Crippen LogP contribution in [-0.2, 0) is 4.12 Å². The normalized spacial score (nSPS) is 17.1. The summed E-state index contributed by atoms with van der Waals surface area (Å²) in [6.07, 6.45) is 1.18. The maximum absolute atomic E-state index is 6.90. The molecule has 20 heavy (non-hydrogen) atoms. The summed E-state index contributed by atoms with van der Waals surface area (Å²) in [6, 6.07) is 0. The maximum atomic E-state index is 6.90. The van der Waals surface area contributed by atoms with Crippen LogP contribution in [-0.4, -0.2) is 35.8 Å². The van der Waals surface area contributed by atoms with Gasteiger partial charge in [-0.25, -0.2) is 0 Å². The molecule has 0 radical (unpaired) electrons. The Labute approximate surface area is 131 Å². The van der Waals surface area contributed by atoms with Crippen LogP contribution in [0.5, 0.6) is 0 Å². The van der Waals surface area contributed by atoms with Crippen LogP contribution < -0.4 is 0 Å². The Kier molecular flexibility index (Phi) is 6.71. The van der Waals surface area contributed by atoms with Gasteiger partial charge in [-0.05, 0) is 37.6 Å². The standard InChI is InChI=1S/C15H37NOSi3/c1-12-14-16(18(6,7)8)20(11,13-2)17-19(9,10)15(3,4)5/h13H,2,12,14H2,1,3-11H3. The zero-order valence-corrected chi connectivity index (χ0v) is 18.6. The molecule has 0 heterocycles. The van der Waals surface area contributed by atoms with E-state index >= 15 is 0 Å². The van der Waals surface area contributed by atoms with Crippen LogP contribution in [0.4, 0.5) is 0 Å². The second-order valence-corrected chi connectivity index (χ2v) is 22.2. The van der Waals surface area contributed by atoms with Crippen LogP contribution in [0.3, 0.4) is 0 Å². The van der Waals surface area contributed by atoms with Crippen molar-refractivity contribution in [3.8, 4) is 0 Å². The molecule has 1 unspecified atom stereocenters. The minimum Gasteiger partial charge on any atom is -0.441 e. The Bertz CT molecular complexity index is 331. The first-order valence-electron chi connectivity index (χ1n) is 7.83. The molecule has 0 aromatic rings. The number of hydrogen-bond acceptors (Lipinski definition) is 2. The second-order valence-electron chi connectivity index (χ2n) is 8.44. The minimum atomic E-state index is -2.03. The average molecular weight is 332 g/mol. The summed E-state index contributed by atoms with van der Waals surface area (Å²) < 4.78 is 9.62. The fourth-order valence-electron chi connectivity index (χ4n) is 2.32. The lowest BCUT2D eigenvalue weighted by Crippen LogP contribution is -2.66. The highest BCUT2D eigenvalue weighted by molar-refractivity contribution is 6.95. The summed E-state index contributed by atoms with van der Waals surface area (Å²) in [5.41, 5.74) is 2.15. The SMILES string of the molecule is C=C[Si](C)(O[Si](C)(C)C(C)(C)C)N(CCC)[Si](C)(C)C. The van der Waals surface area contributed by atoms with E-state index in [-0.39, 0.29) is 5.04 Å². The molecule has 0 aliphatic rings. The van der Waals surface area contributed by atoms with Gasteiger partial charge in [0, 0.05) is 0 Å². The summed E-state index contributed by atoms with van der Waals surface area (Å²) in [4.78, 5) is 0. The van der Waals surface area contributed by atoms with Gasteiger partial charge in [-0.2, -0.15) is 0 Å². The van der Waals surface area contributed by atoms with Gasteiger partial charge < -0.3 is 8.35 Å². The van der Waals surface area contributed by atoms with Crippen LogP contribution in [0.15, 0.2) is 12.3 Å². The summed E-state index contributed by atoms with van der Waals surface area (Å²) >= 11 is 0. The van der Waals surface area contributed by atoms with Crippen molar-refractivity contribution >= 4 is 25.0 Å². The van der Waals surface area contributed by atoms with Crippen LogP contribution in [0, 0.1) is 0 Å². The Morgan fingerprint density at radius 2 is 1.50 bits per heavy atom. The highest BCUT2D eigenvalue weighted by Crippen LogP contribution is 2.39. The van der Waals surface area contributed by atoms with Crippen molar-refractivity contribution in [3.05, 3.63) is 12.3 Å². The fourth-order valence-corrected chi connectivity index (χ4v) is 16.3. The molecule has 0 rings (SSSR count). The Morgan fingerprint density at radius 3 is 1.75 bits per heavy atom. The second kappa shape index (κ2) is 6.60. The molecule has 0 aliphatic carbocycles. The highest BCUT2D eigenvalue weighted by Gasteiger charge is 2.48. The summed E-state index contributed by atoms with van der Waals surface area (Å²) in [5.74, 6) is 0. The summed E-state index contributed by atoms with van der Waals surface area (Å²) in [6.45, 7) is 28.8. The van der Waals surface area contributed by atoms with E-state index in [1.54, 1.807) is 0 Å². The van der Waals surface area contributed by atoms with Gasteiger partial charge in [0.05, 0.1) is 0 Å². The first-order valence-corrected chi connectivity index (χ1v) is 16.6. The van der Waals surface area contributed by atoms with Gasteiger partial charge in [0.1, 0.15) is 8.24 Å². The molecule has 120 valence electrons. The molecule has 0 saturated heterocycles. The van der Waals surface area contributed by atoms with E-state index in [4.69, 9.17) is 4.12 Å². The maximum Gasteiger partial charge on any atom is 0.276 e. The van der Waals surface area contributed by atoms with Gasteiger partial charge in [-0.3, -0.25) is 0 Å². The molecular formula is C15H37NOSi3. The summed E-state index contributed by atoms with van der Waals surface area (Å²) in [7, 11) is -5.20. The molecule has 0 bridgehead atoms. The van der Waals surface area contributed by atoms with Crippen molar-refractivity contribution in [2.45, 2.75) is 78.4 Å². The van der Waals surface area contributed by atoms with E-state index in [1.807, 2.05) is 0 Å². The molecule has 0 N–H and O–H groups in total. The number of rotatable bonds is 7. The molecule has 0 aromatic heterocycles. The Balaban J connectivity index is 5.53. The van der Waals surface area contributed by atoms with Crippen LogP contribution in [0.25, 0.3) is 0 Å². The van der Waals surface area contributed by atoms with Crippen molar-refractivity contribution in [2.75, 3.05) is 6.54 Å². The molecule has 0 saturated carbocycles. The third-order valence-electron chi connectivity index (χ3n) is 4.44. The number of nitrogens with zero attached hydrogens (tertiary/aromatic N) is 1. The molecule has 0 fully saturated rings. The van der Waals surface area contributed by atoms with Crippen molar-refractivity contribution in [2.24, 2.45) is 0 Å². The van der Waals surface area contributed by atoms with Gasteiger partial charge in [-0.15, -0.1) is 6.58 Å². The molecule has 1 atom stereocenters. The van der Waals surface area contributed by atoms with Gasteiger partial charge in [-0.1, -0.05) is 53.0 Å². The van der Waals surface area contributed by atoms with Gasteiger partial charge in [0.2, 0.25) is 0 Å². The monoisotopic (exact) mass is 331 g/mol. The van der Waals surface area contributed by atoms with E-state index in [2.05, 4.69) is 83.5 Å². The molecular weight excluding hydrogens is 294 g/mol. The largest absolute Gasteiger partial charge is 0.441 e. The highest BCUT2D eigenvalue weighted by atomic mass is 28.5. The van der Waals surface area contributed by atoms with Crippen LogP contribution >= 0.6 is 0 Å². The van der Waals surface area contributed by atoms with E-state index in [0.717, 1.165) is 6.54 Å². The molecule has 0 amide bonds. The molecule has 0 spiro atoms. The lowest BCUT2D eigenvalue weighted by molar-refractivity contribution is 0.424. The molecule has 0 aliphatic heterocycles. The van der Waals surface area contributed by atoms with Crippen LogP contribution in [0.2, 0.25) is 44.3 Å². The van der Waals surface area contributed by atoms with Crippen molar-refractivity contribution < 1.29 is 4.12 Å². The first-order chi connectivity index (χ1) is 8.71. The van der Waals surface area contributed by atoms with Gasteiger partial charge in [0.15, 0.2) is 8.32 Å². The average Bonchev–Trinajstić information content (AvgIpc) is 2.21. The third kappa shape index (κ3) is 4.94. The van der Waals surface area contributed by atoms with Crippen molar-refractivity contribution in [1.82, 2.24) is 4.23 Å². The van der Waals surface area contributed by atoms with E-state index in [0.29, 0.717) is 0 Å². The van der Waals surface area contributed by atoms with Gasteiger partial charge in [0.25, 0.3) is 8.48 Å². The van der Waals surface area contributed by atoms with Crippen molar-refractivity contribution in [3.63, 3.8) is 0 Å². The Hall–Kier alpha value is 0.311. The zero-order valence-electron chi connectivity index (χ0n) is 15.6.